The van der Waals surface area contributed by atoms with Crippen LogP contribution in [0.25, 0.3) is 0 Å². The molecule has 102 valence electrons. The SMILES string of the molecule is CNCc1cnn(Cc2cccc(OC)c2F)c1C. The number of halogens is 1. The van der Waals surface area contributed by atoms with Gasteiger partial charge in [-0.1, -0.05) is 12.1 Å². The number of nitrogens with zero attached hydrogens (tertiary/aromatic N) is 2. The topological polar surface area (TPSA) is 39.1 Å². The molecule has 0 unspecified atom stereocenters. The molecule has 0 radical (unpaired) electrons. The fourth-order valence-corrected chi connectivity index (χ4v) is 2.01. The van der Waals surface area contributed by atoms with Gasteiger partial charge in [0, 0.05) is 23.4 Å². The van der Waals surface area contributed by atoms with Crippen molar-refractivity contribution in [2.45, 2.75) is 20.0 Å². The lowest BCUT2D eigenvalue weighted by atomic mass is 10.2. The molecule has 0 spiro atoms. The number of rotatable bonds is 5. The fourth-order valence-electron chi connectivity index (χ4n) is 2.01. The van der Waals surface area contributed by atoms with Crippen LogP contribution < -0.4 is 10.1 Å². The lowest BCUT2D eigenvalue weighted by Gasteiger charge is -2.09. The first-order chi connectivity index (χ1) is 9.17. The summed E-state index contributed by atoms with van der Waals surface area (Å²) in [6.07, 6.45) is 1.81. The van der Waals surface area contributed by atoms with E-state index in [0.717, 1.165) is 17.8 Å². The Morgan fingerprint density at radius 3 is 2.84 bits per heavy atom. The molecule has 0 aliphatic rings. The van der Waals surface area contributed by atoms with Crippen molar-refractivity contribution in [3.63, 3.8) is 0 Å². The molecule has 0 amide bonds. The Hall–Kier alpha value is -1.88. The predicted molar refractivity (Wildman–Crippen MR) is 71.8 cm³/mol. The zero-order valence-electron chi connectivity index (χ0n) is 11.4. The van der Waals surface area contributed by atoms with Crippen molar-refractivity contribution in [3.05, 3.63) is 47.0 Å². The summed E-state index contributed by atoms with van der Waals surface area (Å²) < 4.78 is 20.8. The molecule has 0 aliphatic carbocycles. The second kappa shape index (κ2) is 5.84. The molecular weight excluding hydrogens is 245 g/mol. The molecular formula is C14H18FN3O. The van der Waals surface area contributed by atoms with Crippen LogP contribution in [0.4, 0.5) is 4.39 Å². The average molecular weight is 263 g/mol. The average Bonchev–Trinajstić information content (AvgIpc) is 2.74. The highest BCUT2D eigenvalue weighted by atomic mass is 19.1. The van der Waals surface area contributed by atoms with Gasteiger partial charge in [0.2, 0.25) is 0 Å². The molecule has 5 heteroatoms. The number of benzene rings is 1. The smallest absolute Gasteiger partial charge is 0.170 e. The van der Waals surface area contributed by atoms with Crippen LogP contribution in [0.5, 0.6) is 5.75 Å². The quantitative estimate of drug-likeness (QED) is 0.898. The molecule has 0 aliphatic heterocycles. The first-order valence-electron chi connectivity index (χ1n) is 6.14. The predicted octanol–water partition coefficient (Wildman–Crippen LogP) is 2.11. The van der Waals surface area contributed by atoms with E-state index in [2.05, 4.69) is 10.4 Å². The maximum absolute atomic E-state index is 14.1. The fraction of sp³-hybridized carbons (Fsp3) is 0.357. The van der Waals surface area contributed by atoms with E-state index in [1.54, 1.807) is 22.9 Å². The number of ether oxygens (including phenoxy) is 1. The van der Waals surface area contributed by atoms with Gasteiger partial charge in [0.25, 0.3) is 0 Å². The normalized spacial score (nSPS) is 10.7. The summed E-state index contributed by atoms with van der Waals surface area (Å²) in [7, 11) is 3.35. The summed E-state index contributed by atoms with van der Waals surface area (Å²) in [6, 6.07) is 5.14. The van der Waals surface area contributed by atoms with Gasteiger partial charge in [0.05, 0.1) is 19.9 Å². The van der Waals surface area contributed by atoms with Crippen LogP contribution in [0.15, 0.2) is 24.4 Å². The first-order valence-corrected chi connectivity index (χ1v) is 6.14. The zero-order valence-corrected chi connectivity index (χ0v) is 11.4. The molecule has 1 heterocycles. The summed E-state index contributed by atoms with van der Waals surface area (Å²) in [5, 5.41) is 7.38. The van der Waals surface area contributed by atoms with E-state index in [0.29, 0.717) is 12.1 Å². The Kier molecular flexibility index (Phi) is 4.16. The van der Waals surface area contributed by atoms with Gasteiger partial charge < -0.3 is 10.1 Å². The van der Waals surface area contributed by atoms with Crippen molar-refractivity contribution >= 4 is 0 Å². The van der Waals surface area contributed by atoms with Crippen molar-refractivity contribution in [2.24, 2.45) is 0 Å². The molecule has 2 aromatic rings. The van der Waals surface area contributed by atoms with Gasteiger partial charge in [-0.3, -0.25) is 4.68 Å². The summed E-state index contributed by atoms with van der Waals surface area (Å²) >= 11 is 0. The van der Waals surface area contributed by atoms with Crippen LogP contribution >= 0.6 is 0 Å². The largest absolute Gasteiger partial charge is 0.494 e. The number of nitrogens with one attached hydrogen (secondary N) is 1. The lowest BCUT2D eigenvalue weighted by molar-refractivity contribution is 0.383. The Bertz CT molecular complexity index is 566. The molecule has 0 fully saturated rings. The van der Waals surface area contributed by atoms with Gasteiger partial charge in [-0.25, -0.2) is 4.39 Å². The minimum Gasteiger partial charge on any atom is -0.494 e. The van der Waals surface area contributed by atoms with Gasteiger partial charge in [-0.15, -0.1) is 0 Å². The third-order valence-corrected chi connectivity index (χ3v) is 3.16. The summed E-state index contributed by atoms with van der Waals surface area (Å²) in [5.74, 6) is -0.0622. The molecule has 0 bridgehead atoms. The standard InChI is InChI=1S/C14H18FN3O/c1-10-12(7-16-2)8-17-18(10)9-11-5-4-6-13(19-3)14(11)15/h4-6,8,16H,7,9H2,1-3H3. The minimum absolute atomic E-state index is 0.262. The summed E-state index contributed by atoms with van der Waals surface area (Å²) in [6.45, 7) is 3.14. The molecule has 0 atom stereocenters. The van der Waals surface area contributed by atoms with Crippen molar-refractivity contribution in [1.82, 2.24) is 15.1 Å². The molecule has 1 aromatic heterocycles. The number of aromatic nitrogens is 2. The van der Waals surface area contributed by atoms with E-state index in [9.17, 15) is 4.39 Å². The van der Waals surface area contributed by atoms with Crippen molar-refractivity contribution in [3.8, 4) is 5.75 Å². The maximum atomic E-state index is 14.1. The third kappa shape index (κ3) is 2.76. The Morgan fingerprint density at radius 1 is 1.37 bits per heavy atom. The second-order valence-electron chi connectivity index (χ2n) is 4.38. The van der Waals surface area contributed by atoms with Crippen LogP contribution in [0.1, 0.15) is 16.8 Å². The zero-order chi connectivity index (χ0) is 13.8. The minimum atomic E-state index is -0.324. The number of methoxy groups -OCH3 is 1. The van der Waals surface area contributed by atoms with E-state index in [-0.39, 0.29) is 11.6 Å². The number of hydrogen-bond acceptors (Lipinski definition) is 3. The van der Waals surface area contributed by atoms with E-state index in [4.69, 9.17) is 4.74 Å². The molecule has 2 rings (SSSR count). The van der Waals surface area contributed by atoms with Crippen LogP contribution in [0.3, 0.4) is 0 Å². The van der Waals surface area contributed by atoms with E-state index in [1.807, 2.05) is 20.2 Å². The molecule has 1 N–H and O–H groups in total. The molecule has 4 nitrogen and oxygen atoms in total. The van der Waals surface area contributed by atoms with Gasteiger partial charge >= 0.3 is 0 Å². The van der Waals surface area contributed by atoms with E-state index in [1.165, 1.54) is 7.11 Å². The van der Waals surface area contributed by atoms with Crippen molar-refractivity contribution < 1.29 is 9.13 Å². The van der Waals surface area contributed by atoms with Crippen LogP contribution in [0.2, 0.25) is 0 Å². The summed E-state index contributed by atoms with van der Waals surface area (Å²) in [4.78, 5) is 0. The van der Waals surface area contributed by atoms with E-state index < -0.39 is 0 Å². The van der Waals surface area contributed by atoms with Crippen molar-refractivity contribution in [1.29, 1.82) is 0 Å². The molecule has 0 saturated carbocycles. The second-order valence-corrected chi connectivity index (χ2v) is 4.38. The Labute approximate surface area is 112 Å². The van der Waals surface area contributed by atoms with Crippen molar-refractivity contribution in [2.75, 3.05) is 14.2 Å². The molecule has 0 saturated heterocycles. The maximum Gasteiger partial charge on any atom is 0.170 e. The Morgan fingerprint density at radius 2 is 2.16 bits per heavy atom. The van der Waals surface area contributed by atoms with Crippen LogP contribution in [-0.2, 0) is 13.1 Å². The van der Waals surface area contributed by atoms with Crippen LogP contribution in [0, 0.1) is 12.7 Å². The molecule has 1 aromatic carbocycles. The highest BCUT2D eigenvalue weighted by molar-refractivity contribution is 5.31. The first kappa shape index (κ1) is 13.5. The number of hydrogen-bond donors (Lipinski definition) is 1. The van der Waals surface area contributed by atoms with Gasteiger partial charge in [0.15, 0.2) is 11.6 Å². The van der Waals surface area contributed by atoms with Gasteiger partial charge in [-0.05, 0) is 20.0 Å². The van der Waals surface area contributed by atoms with E-state index >= 15 is 0 Å². The third-order valence-electron chi connectivity index (χ3n) is 3.16. The molecule has 19 heavy (non-hydrogen) atoms. The van der Waals surface area contributed by atoms with Crippen LogP contribution in [-0.4, -0.2) is 23.9 Å². The highest BCUT2D eigenvalue weighted by Gasteiger charge is 2.11. The van der Waals surface area contributed by atoms with Gasteiger partial charge in [-0.2, -0.15) is 5.10 Å². The lowest BCUT2D eigenvalue weighted by Crippen LogP contribution is -2.09. The summed E-state index contributed by atoms with van der Waals surface area (Å²) in [5.41, 5.74) is 2.73. The highest BCUT2D eigenvalue weighted by Crippen LogP contribution is 2.21. The Balaban J connectivity index is 2.26. The van der Waals surface area contributed by atoms with Gasteiger partial charge in [0.1, 0.15) is 0 Å². The monoisotopic (exact) mass is 263 g/mol.